The summed E-state index contributed by atoms with van der Waals surface area (Å²) in [6.07, 6.45) is 8.28. The molecular formula is C18H26FNO. The molecule has 3 heteroatoms. The Balaban J connectivity index is 1.66. The van der Waals surface area contributed by atoms with Crippen molar-refractivity contribution < 1.29 is 9.18 Å². The third kappa shape index (κ3) is 5.58. The summed E-state index contributed by atoms with van der Waals surface area (Å²) in [4.78, 5) is 14.3. The van der Waals surface area contributed by atoms with Gasteiger partial charge in [-0.25, -0.2) is 4.39 Å². The second-order valence-electron chi connectivity index (χ2n) is 6.30. The van der Waals surface area contributed by atoms with E-state index in [0.29, 0.717) is 12.0 Å². The number of rotatable bonds is 7. The van der Waals surface area contributed by atoms with Crippen LogP contribution < -0.4 is 0 Å². The van der Waals surface area contributed by atoms with Crippen molar-refractivity contribution in [1.82, 2.24) is 4.90 Å². The van der Waals surface area contributed by atoms with E-state index in [1.165, 1.54) is 44.2 Å². The van der Waals surface area contributed by atoms with Gasteiger partial charge in [-0.2, -0.15) is 0 Å². The average Bonchev–Trinajstić information content (AvgIpc) is 2.49. The first kappa shape index (κ1) is 16.2. The van der Waals surface area contributed by atoms with Crippen LogP contribution in [0.1, 0.15) is 55.3 Å². The van der Waals surface area contributed by atoms with Gasteiger partial charge < -0.3 is 4.90 Å². The zero-order valence-corrected chi connectivity index (χ0v) is 13.0. The molecule has 0 aromatic heterocycles. The molecule has 0 bridgehead atoms. The molecule has 1 aliphatic rings. The molecule has 0 heterocycles. The summed E-state index contributed by atoms with van der Waals surface area (Å²) in [7, 11) is 2.15. The van der Waals surface area contributed by atoms with Crippen LogP contribution in [0.4, 0.5) is 4.39 Å². The van der Waals surface area contributed by atoms with E-state index < -0.39 is 0 Å². The summed E-state index contributed by atoms with van der Waals surface area (Å²) in [5.74, 6) is 0.663. The number of carbonyl (C=O) groups excluding carboxylic acids is 1. The Morgan fingerprint density at radius 3 is 2.52 bits per heavy atom. The van der Waals surface area contributed by atoms with E-state index in [1.807, 2.05) is 0 Å². The van der Waals surface area contributed by atoms with E-state index in [9.17, 15) is 9.18 Å². The van der Waals surface area contributed by atoms with E-state index in [-0.39, 0.29) is 11.6 Å². The average molecular weight is 291 g/mol. The fraction of sp³-hybridized carbons (Fsp3) is 0.611. The largest absolute Gasteiger partial charge is 0.306 e. The van der Waals surface area contributed by atoms with E-state index in [0.717, 1.165) is 25.4 Å². The summed E-state index contributed by atoms with van der Waals surface area (Å²) in [5.41, 5.74) is 0.617. The van der Waals surface area contributed by atoms with E-state index in [4.69, 9.17) is 0 Å². The lowest BCUT2D eigenvalue weighted by Gasteiger charge is -2.26. The fourth-order valence-corrected chi connectivity index (χ4v) is 3.19. The van der Waals surface area contributed by atoms with Crippen LogP contribution in [0.5, 0.6) is 0 Å². The van der Waals surface area contributed by atoms with Crippen LogP contribution in [-0.4, -0.2) is 30.8 Å². The summed E-state index contributed by atoms with van der Waals surface area (Å²) in [5, 5.41) is 0. The zero-order chi connectivity index (χ0) is 15.1. The van der Waals surface area contributed by atoms with Crippen molar-refractivity contribution in [2.75, 3.05) is 20.1 Å². The molecule has 0 spiro atoms. The highest BCUT2D eigenvalue weighted by Crippen LogP contribution is 2.24. The lowest BCUT2D eigenvalue weighted by Crippen LogP contribution is -2.28. The van der Waals surface area contributed by atoms with Crippen molar-refractivity contribution in [1.29, 1.82) is 0 Å². The molecule has 2 nitrogen and oxygen atoms in total. The van der Waals surface area contributed by atoms with Crippen LogP contribution in [0.2, 0.25) is 0 Å². The number of halogens is 1. The molecule has 1 aromatic carbocycles. The Bertz CT molecular complexity index is 437. The molecule has 0 saturated heterocycles. The van der Waals surface area contributed by atoms with Crippen LogP contribution in [-0.2, 0) is 0 Å². The molecule has 1 saturated carbocycles. The number of hydrogen-bond acceptors (Lipinski definition) is 2. The number of Topliss-reactive ketones (excluding diaryl/α,β-unsaturated/α-hetero) is 1. The summed E-state index contributed by atoms with van der Waals surface area (Å²) in [6.45, 7) is 2.12. The van der Waals surface area contributed by atoms with Crippen molar-refractivity contribution in [3.05, 3.63) is 35.6 Å². The van der Waals surface area contributed by atoms with Crippen LogP contribution in [0.25, 0.3) is 0 Å². The van der Waals surface area contributed by atoms with Gasteiger partial charge in [0.1, 0.15) is 5.82 Å². The fourth-order valence-electron chi connectivity index (χ4n) is 3.19. The maximum atomic E-state index is 12.8. The van der Waals surface area contributed by atoms with Crippen LogP contribution in [0.3, 0.4) is 0 Å². The number of nitrogens with zero attached hydrogens (tertiary/aromatic N) is 1. The summed E-state index contributed by atoms with van der Waals surface area (Å²) >= 11 is 0. The maximum absolute atomic E-state index is 12.8. The molecule has 0 atom stereocenters. The molecule has 1 fully saturated rings. The van der Waals surface area contributed by atoms with Crippen LogP contribution >= 0.6 is 0 Å². The SMILES string of the molecule is CN(CCCC(=O)c1ccc(F)cc1)CC1CCCCC1. The minimum Gasteiger partial charge on any atom is -0.306 e. The predicted octanol–water partition coefficient (Wildman–Crippen LogP) is 4.30. The first-order valence-electron chi connectivity index (χ1n) is 8.12. The molecule has 2 rings (SSSR count). The number of hydrogen-bond donors (Lipinski definition) is 0. The lowest BCUT2D eigenvalue weighted by atomic mass is 9.89. The number of ketones is 1. The van der Waals surface area contributed by atoms with Gasteiger partial charge in [0, 0.05) is 18.5 Å². The van der Waals surface area contributed by atoms with Gasteiger partial charge in [0.15, 0.2) is 5.78 Å². The maximum Gasteiger partial charge on any atom is 0.162 e. The van der Waals surface area contributed by atoms with E-state index in [1.54, 1.807) is 12.1 Å². The molecule has 0 N–H and O–H groups in total. The predicted molar refractivity (Wildman–Crippen MR) is 84.0 cm³/mol. The minimum absolute atomic E-state index is 0.112. The first-order chi connectivity index (χ1) is 10.1. The van der Waals surface area contributed by atoms with Crippen molar-refractivity contribution >= 4 is 5.78 Å². The molecule has 0 radical (unpaired) electrons. The molecular weight excluding hydrogens is 265 g/mol. The second-order valence-corrected chi connectivity index (χ2v) is 6.30. The Morgan fingerprint density at radius 1 is 1.19 bits per heavy atom. The van der Waals surface area contributed by atoms with E-state index in [2.05, 4.69) is 11.9 Å². The van der Waals surface area contributed by atoms with Crippen molar-refractivity contribution in [2.24, 2.45) is 5.92 Å². The zero-order valence-electron chi connectivity index (χ0n) is 13.0. The molecule has 21 heavy (non-hydrogen) atoms. The molecule has 116 valence electrons. The lowest BCUT2D eigenvalue weighted by molar-refractivity contribution is 0.0975. The molecule has 1 aromatic rings. The van der Waals surface area contributed by atoms with Gasteiger partial charge in [0.05, 0.1) is 0 Å². The highest BCUT2D eigenvalue weighted by molar-refractivity contribution is 5.95. The third-order valence-electron chi connectivity index (χ3n) is 4.40. The monoisotopic (exact) mass is 291 g/mol. The van der Waals surface area contributed by atoms with Gasteiger partial charge in [-0.3, -0.25) is 4.79 Å². The van der Waals surface area contributed by atoms with Crippen LogP contribution in [0.15, 0.2) is 24.3 Å². The minimum atomic E-state index is -0.293. The van der Waals surface area contributed by atoms with Crippen molar-refractivity contribution in [3.8, 4) is 0 Å². The van der Waals surface area contributed by atoms with Gasteiger partial charge >= 0.3 is 0 Å². The van der Waals surface area contributed by atoms with Gasteiger partial charge in [0.2, 0.25) is 0 Å². The first-order valence-corrected chi connectivity index (χ1v) is 8.12. The highest BCUT2D eigenvalue weighted by atomic mass is 19.1. The molecule has 1 aliphatic carbocycles. The Labute approximate surface area is 127 Å². The Morgan fingerprint density at radius 2 is 1.86 bits per heavy atom. The topological polar surface area (TPSA) is 20.3 Å². The van der Waals surface area contributed by atoms with Gasteiger partial charge in [-0.1, -0.05) is 19.3 Å². The third-order valence-corrected chi connectivity index (χ3v) is 4.40. The van der Waals surface area contributed by atoms with Gasteiger partial charge in [0.25, 0.3) is 0 Å². The molecule has 0 amide bonds. The van der Waals surface area contributed by atoms with Gasteiger partial charge in [-0.05, 0) is 63.0 Å². The summed E-state index contributed by atoms with van der Waals surface area (Å²) < 4.78 is 12.8. The summed E-state index contributed by atoms with van der Waals surface area (Å²) in [6, 6.07) is 5.84. The number of carbonyl (C=O) groups is 1. The molecule has 0 unspecified atom stereocenters. The number of benzene rings is 1. The normalized spacial score (nSPS) is 16.3. The van der Waals surface area contributed by atoms with Gasteiger partial charge in [-0.15, -0.1) is 0 Å². The highest BCUT2D eigenvalue weighted by Gasteiger charge is 2.15. The Kier molecular flexibility index (Phi) is 6.37. The Hall–Kier alpha value is -1.22. The van der Waals surface area contributed by atoms with Crippen molar-refractivity contribution in [3.63, 3.8) is 0 Å². The molecule has 0 aliphatic heterocycles. The van der Waals surface area contributed by atoms with Crippen LogP contribution in [0, 0.1) is 11.7 Å². The quantitative estimate of drug-likeness (QED) is 0.698. The van der Waals surface area contributed by atoms with Crippen molar-refractivity contribution in [2.45, 2.75) is 44.9 Å². The standard InChI is InChI=1S/C18H26FNO/c1-20(14-15-6-3-2-4-7-15)13-5-8-18(21)16-9-11-17(19)12-10-16/h9-12,15H,2-8,13-14H2,1H3. The van der Waals surface area contributed by atoms with E-state index >= 15 is 0 Å². The second kappa shape index (κ2) is 8.28. The smallest absolute Gasteiger partial charge is 0.162 e.